The van der Waals surface area contributed by atoms with Crippen molar-refractivity contribution in [1.82, 2.24) is 29.4 Å². The van der Waals surface area contributed by atoms with Crippen molar-refractivity contribution in [2.75, 3.05) is 27.3 Å². The lowest BCUT2D eigenvalue weighted by atomic mass is 10.4. The summed E-state index contributed by atoms with van der Waals surface area (Å²) in [6.07, 6.45) is 3.58. The predicted octanol–water partition coefficient (Wildman–Crippen LogP) is 0.561. The minimum atomic E-state index is 0.668. The SMILES string of the molecule is COCCn1cnnc1CN(C)CCn1nccc1C. The Labute approximate surface area is 119 Å². The quantitative estimate of drug-likeness (QED) is 0.706. The van der Waals surface area contributed by atoms with Crippen molar-refractivity contribution in [2.24, 2.45) is 0 Å². The molecule has 0 amide bonds. The van der Waals surface area contributed by atoms with Gasteiger partial charge in [-0.3, -0.25) is 9.58 Å². The average molecular weight is 278 g/mol. The average Bonchev–Trinajstić information content (AvgIpc) is 3.03. The molecular weight excluding hydrogens is 256 g/mol. The second-order valence-electron chi connectivity index (χ2n) is 4.87. The predicted molar refractivity (Wildman–Crippen MR) is 75.2 cm³/mol. The van der Waals surface area contributed by atoms with Gasteiger partial charge in [0.2, 0.25) is 0 Å². The Morgan fingerprint density at radius 1 is 1.35 bits per heavy atom. The number of ether oxygens (including phenoxy) is 1. The van der Waals surface area contributed by atoms with Crippen LogP contribution in [0.15, 0.2) is 18.6 Å². The molecule has 0 spiro atoms. The molecule has 0 aromatic carbocycles. The van der Waals surface area contributed by atoms with Crippen LogP contribution < -0.4 is 0 Å². The number of aryl methyl sites for hydroxylation is 1. The first-order valence-electron chi connectivity index (χ1n) is 6.73. The molecular formula is C13H22N6O. The summed E-state index contributed by atoms with van der Waals surface area (Å²) < 4.78 is 9.12. The Hall–Kier alpha value is -1.73. The number of rotatable bonds is 8. The van der Waals surface area contributed by atoms with E-state index in [4.69, 9.17) is 4.74 Å². The van der Waals surface area contributed by atoms with Gasteiger partial charge in [0.05, 0.1) is 19.7 Å². The molecule has 7 nitrogen and oxygen atoms in total. The topological polar surface area (TPSA) is 61.0 Å². The van der Waals surface area contributed by atoms with Crippen molar-refractivity contribution in [3.8, 4) is 0 Å². The molecule has 0 aliphatic carbocycles. The number of likely N-dealkylation sites (N-methyl/N-ethyl adjacent to an activating group) is 1. The van der Waals surface area contributed by atoms with Crippen LogP contribution in [0.1, 0.15) is 11.5 Å². The molecule has 0 bridgehead atoms. The Balaban J connectivity index is 1.83. The Morgan fingerprint density at radius 3 is 2.90 bits per heavy atom. The summed E-state index contributed by atoms with van der Waals surface area (Å²) in [6.45, 7) is 6.08. The van der Waals surface area contributed by atoms with Gasteiger partial charge >= 0.3 is 0 Å². The molecule has 0 N–H and O–H groups in total. The van der Waals surface area contributed by atoms with Crippen LogP contribution in [0.4, 0.5) is 0 Å². The summed E-state index contributed by atoms with van der Waals surface area (Å²) in [5.41, 5.74) is 1.18. The first-order valence-corrected chi connectivity index (χ1v) is 6.73. The van der Waals surface area contributed by atoms with Gasteiger partial charge in [-0.25, -0.2) is 0 Å². The fraction of sp³-hybridized carbons (Fsp3) is 0.615. The van der Waals surface area contributed by atoms with E-state index in [0.717, 1.165) is 32.0 Å². The fourth-order valence-electron chi connectivity index (χ4n) is 2.00. The number of aromatic nitrogens is 5. The van der Waals surface area contributed by atoms with Crippen LogP contribution >= 0.6 is 0 Å². The zero-order valence-electron chi connectivity index (χ0n) is 12.4. The smallest absolute Gasteiger partial charge is 0.147 e. The van der Waals surface area contributed by atoms with Gasteiger partial charge in [-0.05, 0) is 20.0 Å². The van der Waals surface area contributed by atoms with Crippen molar-refractivity contribution in [3.05, 3.63) is 30.1 Å². The lowest BCUT2D eigenvalue weighted by Gasteiger charge is -2.17. The third-order valence-electron chi connectivity index (χ3n) is 3.27. The van der Waals surface area contributed by atoms with E-state index in [9.17, 15) is 0 Å². The first kappa shape index (κ1) is 14.7. The Kier molecular flexibility index (Phi) is 5.25. The number of methoxy groups -OCH3 is 1. The Morgan fingerprint density at radius 2 is 2.20 bits per heavy atom. The standard InChI is InChI=1S/C13H22N6O/c1-12-4-5-15-19(12)7-6-17(2)10-13-16-14-11-18(13)8-9-20-3/h4-5,11H,6-10H2,1-3H3. The van der Waals surface area contributed by atoms with Crippen molar-refractivity contribution in [2.45, 2.75) is 26.6 Å². The van der Waals surface area contributed by atoms with Gasteiger partial charge < -0.3 is 9.30 Å². The molecule has 0 atom stereocenters. The lowest BCUT2D eigenvalue weighted by molar-refractivity contribution is 0.184. The third kappa shape index (κ3) is 3.88. The van der Waals surface area contributed by atoms with Crippen molar-refractivity contribution in [3.63, 3.8) is 0 Å². The van der Waals surface area contributed by atoms with Gasteiger partial charge in [0, 0.05) is 32.1 Å². The van der Waals surface area contributed by atoms with Crippen LogP contribution in [0.5, 0.6) is 0 Å². The van der Waals surface area contributed by atoms with Crippen LogP contribution in [0.2, 0.25) is 0 Å². The minimum absolute atomic E-state index is 0.668. The van der Waals surface area contributed by atoms with Crippen molar-refractivity contribution >= 4 is 0 Å². The Bertz CT molecular complexity index is 520. The van der Waals surface area contributed by atoms with Crippen LogP contribution in [0.25, 0.3) is 0 Å². The van der Waals surface area contributed by atoms with Crippen LogP contribution in [0, 0.1) is 6.92 Å². The van der Waals surface area contributed by atoms with Crippen LogP contribution in [-0.4, -0.2) is 56.8 Å². The fourth-order valence-corrected chi connectivity index (χ4v) is 2.00. The largest absolute Gasteiger partial charge is 0.383 e. The van der Waals surface area contributed by atoms with Gasteiger partial charge in [-0.2, -0.15) is 5.10 Å². The number of hydrogen-bond donors (Lipinski definition) is 0. The zero-order chi connectivity index (χ0) is 14.4. The maximum Gasteiger partial charge on any atom is 0.147 e. The lowest BCUT2D eigenvalue weighted by Crippen LogP contribution is -2.25. The van der Waals surface area contributed by atoms with Crippen molar-refractivity contribution < 1.29 is 4.74 Å². The van der Waals surface area contributed by atoms with Gasteiger partial charge in [0.1, 0.15) is 12.2 Å². The van der Waals surface area contributed by atoms with Gasteiger partial charge in [0.15, 0.2) is 0 Å². The maximum absolute atomic E-state index is 5.08. The molecule has 7 heteroatoms. The second-order valence-corrected chi connectivity index (χ2v) is 4.87. The van der Waals surface area contributed by atoms with E-state index in [0.29, 0.717) is 6.61 Å². The molecule has 0 aliphatic rings. The molecule has 2 aromatic heterocycles. The summed E-state index contributed by atoms with van der Waals surface area (Å²) >= 11 is 0. The van der Waals surface area contributed by atoms with E-state index in [1.54, 1.807) is 13.4 Å². The van der Waals surface area contributed by atoms with Gasteiger partial charge in [0.25, 0.3) is 0 Å². The number of hydrogen-bond acceptors (Lipinski definition) is 5. The summed E-state index contributed by atoms with van der Waals surface area (Å²) in [4.78, 5) is 2.22. The van der Waals surface area contributed by atoms with E-state index in [1.165, 1.54) is 5.69 Å². The van der Waals surface area contributed by atoms with Crippen LogP contribution in [-0.2, 0) is 24.4 Å². The summed E-state index contributed by atoms with van der Waals surface area (Å²) in [5.74, 6) is 0.960. The maximum atomic E-state index is 5.08. The molecule has 20 heavy (non-hydrogen) atoms. The van der Waals surface area contributed by atoms with E-state index in [1.807, 2.05) is 21.5 Å². The molecule has 0 radical (unpaired) electrons. The molecule has 2 rings (SSSR count). The van der Waals surface area contributed by atoms with E-state index < -0.39 is 0 Å². The van der Waals surface area contributed by atoms with Gasteiger partial charge in [-0.1, -0.05) is 0 Å². The van der Waals surface area contributed by atoms with Crippen molar-refractivity contribution in [1.29, 1.82) is 0 Å². The highest BCUT2D eigenvalue weighted by atomic mass is 16.5. The van der Waals surface area contributed by atoms with E-state index >= 15 is 0 Å². The number of nitrogens with zero attached hydrogens (tertiary/aromatic N) is 6. The molecule has 0 aliphatic heterocycles. The highest BCUT2D eigenvalue weighted by Crippen LogP contribution is 2.02. The molecule has 0 unspecified atom stereocenters. The molecule has 2 aromatic rings. The van der Waals surface area contributed by atoms with Crippen LogP contribution in [0.3, 0.4) is 0 Å². The monoisotopic (exact) mass is 278 g/mol. The second kappa shape index (κ2) is 7.16. The third-order valence-corrected chi connectivity index (χ3v) is 3.27. The first-order chi connectivity index (χ1) is 9.70. The summed E-state index contributed by atoms with van der Waals surface area (Å²) in [6, 6.07) is 2.02. The summed E-state index contributed by atoms with van der Waals surface area (Å²) in [5, 5.41) is 12.4. The molecule has 110 valence electrons. The van der Waals surface area contributed by atoms with Gasteiger partial charge in [-0.15, -0.1) is 10.2 Å². The summed E-state index contributed by atoms with van der Waals surface area (Å²) in [7, 11) is 3.77. The highest BCUT2D eigenvalue weighted by Gasteiger charge is 2.08. The molecule has 0 fully saturated rings. The van der Waals surface area contributed by atoms with E-state index in [-0.39, 0.29) is 0 Å². The molecule has 0 saturated heterocycles. The molecule has 0 saturated carbocycles. The highest BCUT2D eigenvalue weighted by molar-refractivity contribution is 4.96. The molecule has 2 heterocycles. The van der Waals surface area contributed by atoms with E-state index in [2.05, 4.69) is 34.2 Å². The minimum Gasteiger partial charge on any atom is -0.383 e. The normalized spacial score (nSPS) is 11.4. The zero-order valence-corrected chi connectivity index (χ0v) is 12.4.